The standard InChI is InChI=1S/C12H17BrFNO3S/c1-8(2)9(7-19(15,16)17)6-18-12-4-3-10(14)5-11(12)13/h3-5,8-9H,6-7H2,1-2H3,(H2,15,16,17). The van der Waals surface area contributed by atoms with Gasteiger partial charge in [-0.1, -0.05) is 13.8 Å². The van der Waals surface area contributed by atoms with Gasteiger partial charge in [-0.05, 0) is 40.0 Å². The topological polar surface area (TPSA) is 69.4 Å². The van der Waals surface area contributed by atoms with Crippen molar-refractivity contribution in [3.05, 3.63) is 28.5 Å². The Kier molecular flexibility index (Phi) is 5.76. The zero-order valence-electron chi connectivity index (χ0n) is 10.8. The predicted octanol–water partition coefficient (Wildman–Crippen LogP) is 2.53. The Hall–Kier alpha value is -0.660. The molecule has 0 aliphatic heterocycles. The van der Waals surface area contributed by atoms with Gasteiger partial charge in [-0.25, -0.2) is 17.9 Å². The Labute approximate surface area is 121 Å². The maximum absolute atomic E-state index is 12.9. The van der Waals surface area contributed by atoms with Crippen molar-refractivity contribution in [2.45, 2.75) is 13.8 Å². The molecule has 1 aromatic rings. The molecule has 19 heavy (non-hydrogen) atoms. The first kappa shape index (κ1) is 16.4. The van der Waals surface area contributed by atoms with Crippen LogP contribution in [0.4, 0.5) is 4.39 Å². The molecule has 0 spiro atoms. The fourth-order valence-electron chi connectivity index (χ4n) is 1.52. The van der Waals surface area contributed by atoms with E-state index in [0.717, 1.165) is 0 Å². The first-order valence-electron chi connectivity index (χ1n) is 5.77. The molecule has 0 radical (unpaired) electrons. The Bertz CT molecular complexity index is 534. The molecule has 4 nitrogen and oxygen atoms in total. The lowest BCUT2D eigenvalue weighted by atomic mass is 9.99. The van der Waals surface area contributed by atoms with E-state index in [4.69, 9.17) is 9.88 Å². The Morgan fingerprint density at radius 3 is 2.53 bits per heavy atom. The summed E-state index contributed by atoms with van der Waals surface area (Å²) >= 11 is 3.19. The van der Waals surface area contributed by atoms with E-state index in [2.05, 4.69) is 15.9 Å². The summed E-state index contributed by atoms with van der Waals surface area (Å²) in [6.45, 7) is 4.01. The lowest BCUT2D eigenvalue weighted by Crippen LogP contribution is -2.30. The summed E-state index contributed by atoms with van der Waals surface area (Å²) in [6.07, 6.45) is 0. The van der Waals surface area contributed by atoms with E-state index in [1.54, 1.807) is 0 Å². The van der Waals surface area contributed by atoms with Gasteiger partial charge in [0.1, 0.15) is 11.6 Å². The number of benzene rings is 1. The third kappa shape index (κ3) is 5.88. The molecule has 1 atom stereocenters. The first-order chi connectivity index (χ1) is 8.69. The van der Waals surface area contributed by atoms with Crippen LogP contribution in [0.1, 0.15) is 13.8 Å². The first-order valence-corrected chi connectivity index (χ1v) is 8.28. The minimum absolute atomic E-state index is 0.109. The van der Waals surface area contributed by atoms with Gasteiger partial charge in [0.15, 0.2) is 0 Å². The van der Waals surface area contributed by atoms with Gasteiger partial charge in [-0.3, -0.25) is 0 Å². The SMILES string of the molecule is CC(C)C(COc1ccc(F)cc1Br)CS(N)(=O)=O. The summed E-state index contributed by atoms with van der Waals surface area (Å²) < 4.78 is 41.2. The average Bonchev–Trinajstić information content (AvgIpc) is 2.24. The van der Waals surface area contributed by atoms with Crippen LogP contribution in [0.3, 0.4) is 0 Å². The van der Waals surface area contributed by atoms with E-state index in [0.29, 0.717) is 10.2 Å². The maximum atomic E-state index is 12.9. The Balaban J connectivity index is 2.71. The molecule has 0 aromatic heterocycles. The van der Waals surface area contributed by atoms with Crippen LogP contribution in [0, 0.1) is 17.7 Å². The van der Waals surface area contributed by atoms with Crippen LogP contribution >= 0.6 is 15.9 Å². The highest BCUT2D eigenvalue weighted by molar-refractivity contribution is 9.10. The van der Waals surface area contributed by atoms with E-state index in [-0.39, 0.29) is 30.0 Å². The van der Waals surface area contributed by atoms with Crippen LogP contribution < -0.4 is 9.88 Å². The van der Waals surface area contributed by atoms with Crippen molar-refractivity contribution in [2.75, 3.05) is 12.4 Å². The highest BCUT2D eigenvalue weighted by Crippen LogP contribution is 2.26. The van der Waals surface area contributed by atoms with Crippen molar-refractivity contribution in [3.63, 3.8) is 0 Å². The van der Waals surface area contributed by atoms with E-state index in [1.807, 2.05) is 13.8 Å². The van der Waals surface area contributed by atoms with Gasteiger partial charge in [0.2, 0.25) is 10.0 Å². The summed E-state index contributed by atoms with van der Waals surface area (Å²) in [6, 6.07) is 4.07. The summed E-state index contributed by atoms with van der Waals surface area (Å²) in [5, 5.41) is 5.05. The second kappa shape index (κ2) is 6.67. The third-order valence-electron chi connectivity index (χ3n) is 2.74. The quantitative estimate of drug-likeness (QED) is 0.854. The van der Waals surface area contributed by atoms with E-state index in [9.17, 15) is 12.8 Å². The molecule has 2 N–H and O–H groups in total. The fraction of sp³-hybridized carbons (Fsp3) is 0.500. The van der Waals surface area contributed by atoms with Crippen molar-refractivity contribution in [1.29, 1.82) is 0 Å². The average molecular weight is 354 g/mol. The van der Waals surface area contributed by atoms with Gasteiger partial charge in [-0.15, -0.1) is 0 Å². The number of primary sulfonamides is 1. The molecule has 0 fully saturated rings. The number of hydrogen-bond acceptors (Lipinski definition) is 3. The molecule has 0 bridgehead atoms. The van der Waals surface area contributed by atoms with Crippen LogP contribution in [0.2, 0.25) is 0 Å². The number of sulfonamides is 1. The second-order valence-electron chi connectivity index (χ2n) is 4.72. The van der Waals surface area contributed by atoms with Gasteiger partial charge in [0.25, 0.3) is 0 Å². The number of halogens is 2. The molecule has 1 aromatic carbocycles. The molecule has 108 valence electrons. The van der Waals surface area contributed by atoms with Crippen molar-refractivity contribution >= 4 is 26.0 Å². The number of hydrogen-bond donors (Lipinski definition) is 1. The van der Waals surface area contributed by atoms with Crippen LogP contribution in [0.25, 0.3) is 0 Å². The van der Waals surface area contributed by atoms with E-state index >= 15 is 0 Å². The van der Waals surface area contributed by atoms with E-state index < -0.39 is 10.0 Å². The minimum Gasteiger partial charge on any atom is -0.492 e. The fourth-order valence-corrected chi connectivity index (χ4v) is 3.06. The molecule has 1 unspecified atom stereocenters. The molecule has 0 amide bonds. The molecule has 0 aliphatic rings. The summed E-state index contributed by atoms with van der Waals surface area (Å²) in [7, 11) is -3.54. The molecular formula is C12H17BrFNO3S. The van der Waals surface area contributed by atoms with Crippen LogP contribution in [-0.4, -0.2) is 20.8 Å². The molecule has 1 rings (SSSR count). The number of ether oxygens (including phenoxy) is 1. The smallest absolute Gasteiger partial charge is 0.209 e. The molecule has 0 saturated heterocycles. The van der Waals surface area contributed by atoms with Crippen LogP contribution in [0.15, 0.2) is 22.7 Å². The summed E-state index contributed by atoms with van der Waals surface area (Å²) in [5.41, 5.74) is 0. The molecular weight excluding hydrogens is 337 g/mol. The Morgan fingerprint density at radius 1 is 1.42 bits per heavy atom. The van der Waals surface area contributed by atoms with Crippen LogP contribution in [0.5, 0.6) is 5.75 Å². The normalized spacial score (nSPS) is 13.6. The van der Waals surface area contributed by atoms with Gasteiger partial charge in [0.05, 0.1) is 16.8 Å². The van der Waals surface area contributed by atoms with Gasteiger partial charge >= 0.3 is 0 Å². The zero-order chi connectivity index (χ0) is 14.6. The molecule has 0 aliphatic carbocycles. The zero-order valence-corrected chi connectivity index (χ0v) is 13.2. The van der Waals surface area contributed by atoms with Gasteiger partial charge < -0.3 is 4.74 Å². The molecule has 0 heterocycles. The van der Waals surface area contributed by atoms with Gasteiger partial charge in [0, 0.05) is 5.92 Å². The molecule has 0 saturated carbocycles. The predicted molar refractivity (Wildman–Crippen MR) is 75.9 cm³/mol. The van der Waals surface area contributed by atoms with Crippen molar-refractivity contribution in [3.8, 4) is 5.75 Å². The number of nitrogens with two attached hydrogens (primary N) is 1. The highest BCUT2D eigenvalue weighted by atomic mass is 79.9. The van der Waals surface area contributed by atoms with Crippen LogP contribution in [-0.2, 0) is 10.0 Å². The third-order valence-corrected chi connectivity index (χ3v) is 4.25. The Morgan fingerprint density at radius 2 is 2.05 bits per heavy atom. The summed E-state index contributed by atoms with van der Waals surface area (Å²) in [5.74, 6) is -0.140. The van der Waals surface area contributed by atoms with Crippen molar-refractivity contribution in [2.24, 2.45) is 17.0 Å². The lowest BCUT2D eigenvalue weighted by molar-refractivity contribution is 0.223. The van der Waals surface area contributed by atoms with Crippen molar-refractivity contribution < 1.29 is 17.5 Å². The minimum atomic E-state index is -3.54. The second-order valence-corrected chi connectivity index (χ2v) is 7.23. The largest absolute Gasteiger partial charge is 0.492 e. The van der Waals surface area contributed by atoms with Crippen molar-refractivity contribution in [1.82, 2.24) is 0 Å². The van der Waals surface area contributed by atoms with Gasteiger partial charge in [-0.2, -0.15) is 0 Å². The lowest BCUT2D eigenvalue weighted by Gasteiger charge is -2.20. The maximum Gasteiger partial charge on any atom is 0.209 e. The number of rotatable bonds is 6. The highest BCUT2D eigenvalue weighted by Gasteiger charge is 2.20. The monoisotopic (exact) mass is 353 g/mol. The summed E-state index contributed by atoms with van der Waals surface area (Å²) in [4.78, 5) is 0. The van der Waals surface area contributed by atoms with E-state index in [1.165, 1.54) is 18.2 Å². The molecule has 7 heteroatoms.